The zero-order chi connectivity index (χ0) is 20.3. The summed E-state index contributed by atoms with van der Waals surface area (Å²) in [6.45, 7) is 6.03. The fourth-order valence-electron chi connectivity index (χ4n) is 2.71. The number of amides is 1. The molecule has 1 N–H and O–H groups in total. The minimum absolute atomic E-state index is 0.0105. The molecule has 0 aliphatic heterocycles. The van der Waals surface area contributed by atoms with Crippen molar-refractivity contribution in [3.8, 4) is 22.7 Å². The van der Waals surface area contributed by atoms with E-state index in [4.69, 9.17) is 4.74 Å². The maximum absolute atomic E-state index is 14.3. The molecule has 0 saturated carbocycles. The molecule has 5 nitrogen and oxygen atoms in total. The van der Waals surface area contributed by atoms with Crippen LogP contribution >= 0.6 is 0 Å². The number of methoxy groups -OCH3 is 1. The number of nitrogens with one attached hydrogen (secondary N) is 1. The van der Waals surface area contributed by atoms with Crippen molar-refractivity contribution < 1.29 is 13.9 Å². The Bertz CT molecular complexity index is 964. The molecule has 6 heteroatoms. The summed E-state index contributed by atoms with van der Waals surface area (Å²) in [5.74, 6) is 0.341. The molecule has 2 aromatic carbocycles. The average molecular weight is 381 g/mol. The van der Waals surface area contributed by atoms with Crippen LogP contribution in [0.1, 0.15) is 31.3 Å². The number of hydrogen-bond acceptors (Lipinski definition) is 3. The van der Waals surface area contributed by atoms with Crippen molar-refractivity contribution in [2.24, 2.45) is 5.92 Å². The molecule has 0 spiro atoms. The van der Waals surface area contributed by atoms with E-state index >= 15 is 0 Å². The summed E-state index contributed by atoms with van der Waals surface area (Å²) >= 11 is 0. The van der Waals surface area contributed by atoms with Gasteiger partial charge in [0.05, 0.1) is 18.5 Å². The predicted octanol–water partition coefficient (Wildman–Crippen LogP) is 4.46. The third kappa shape index (κ3) is 4.06. The summed E-state index contributed by atoms with van der Waals surface area (Å²) in [6, 6.07) is 15.2. The summed E-state index contributed by atoms with van der Waals surface area (Å²) in [7, 11) is 1.59. The molecular formula is C22H24FN3O2. The number of ether oxygens (including phenoxy) is 1. The Morgan fingerprint density at radius 2 is 1.79 bits per heavy atom. The van der Waals surface area contributed by atoms with E-state index in [0.717, 1.165) is 0 Å². The van der Waals surface area contributed by atoms with Crippen molar-refractivity contribution in [2.75, 3.05) is 7.11 Å². The van der Waals surface area contributed by atoms with Crippen molar-refractivity contribution >= 4 is 5.91 Å². The molecule has 0 saturated heterocycles. The van der Waals surface area contributed by atoms with Crippen LogP contribution in [0.5, 0.6) is 5.75 Å². The van der Waals surface area contributed by atoms with Gasteiger partial charge in [-0.25, -0.2) is 9.07 Å². The SMILES string of the molecule is COc1ccc(-n2nc(-c3ccccc3F)cc2C(=O)NC(C)C(C)C)cc1. The summed E-state index contributed by atoms with van der Waals surface area (Å²) in [5, 5.41) is 7.50. The van der Waals surface area contributed by atoms with Gasteiger partial charge in [-0.3, -0.25) is 4.79 Å². The molecule has 0 bridgehead atoms. The van der Waals surface area contributed by atoms with Crippen molar-refractivity contribution in [3.63, 3.8) is 0 Å². The molecule has 28 heavy (non-hydrogen) atoms. The van der Waals surface area contributed by atoms with Crippen molar-refractivity contribution in [3.05, 3.63) is 66.1 Å². The predicted molar refractivity (Wildman–Crippen MR) is 107 cm³/mol. The fraction of sp³-hybridized carbons (Fsp3) is 0.273. The first-order chi connectivity index (χ1) is 13.4. The van der Waals surface area contributed by atoms with Gasteiger partial charge in [0, 0.05) is 11.6 Å². The van der Waals surface area contributed by atoms with E-state index in [9.17, 15) is 9.18 Å². The molecule has 1 unspecified atom stereocenters. The first-order valence-corrected chi connectivity index (χ1v) is 9.21. The van der Waals surface area contributed by atoms with Gasteiger partial charge in [0.15, 0.2) is 0 Å². The quantitative estimate of drug-likeness (QED) is 0.686. The first kappa shape index (κ1) is 19.6. The van der Waals surface area contributed by atoms with Crippen LogP contribution in [0.25, 0.3) is 16.9 Å². The number of carbonyl (C=O) groups excluding carboxylic acids is 1. The lowest BCUT2D eigenvalue weighted by Crippen LogP contribution is -2.37. The maximum atomic E-state index is 14.3. The highest BCUT2D eigenvalue weighted by molar-refractivity contribution is 5.94. The van der Waals surface area contributed by atoms with E-state index in [1.807, 2.05) is 20.8 Å². The minimum atomic E-state index is -0.385. The van der Waals surface area contributed by atoms with Gasteiger partial charge in [-0.2, -0.15) is 5.10 Å². The molecule has 1 atom stereocenters. The molecule has 0 radical (unpaired) electrons. The number of hydrogen-bond donors (Lipinski definition) is 1. The van der Waals surface area contributed by atoms with Crippen LogP contribution in [0.4, 0.5) is 4.39 Å². The summed E-state index contributed by atoms with van der Waals surface area (Å²) in [4.78, 5) is 12.9. The topological polar surface area (TPSA) is 56.2 Å². The van der Waals surface area contributed by atoms with Gasteiger partial charge in [0.1, 0.15) is 17.3 Å². The molecule has 1 heterocycles. The Kier molecular flexibility index (Phi) is 5.78. The van der Waals surface area contributed by atoms with E-state index in [2.05, 4.69) is 10.4 Å². The first-order valence-electron chi connectivity index (χ1n) is 9.21. The molecule has 0 fully saturated rings. The smallest absolute Gasteiger partial charge is 0.270 e. The highest BCUT2D eigenvalue weighted by atomic mass is 19.1. The fourth-order valence-corrected chi connectivity index (χ4v) is 2.71. The Morgan fingerprint density at radius 3 is 2.39 bits per heavy atom. The lowest BCUT2D eigenvalue weighted by Gasteiger charge is -2.17. The lowest BCUT2D eigenvalue weighted by atomic mass is 10.1. The van der Waals surface area contributed by atoms with E-state index in [1.165, 1.54) is 10.7 Å². The Balaban J connectivity index is 2.07. The monoisotopic (exact) mass is 381 g/mol. The van der Waals surface area contributed by atoms with Gasteiger partial charge in [-0.1, -0.05) is 26.0 Å². The maximum Gasteiger partial charge on any atom is 0.270 e. The van der Waals surface area contributed by atoms with Crippen LogP contribution < -0.4 is 10.1 Å². The highest BCUT2D eigenvalue weighted by Crippen LogP contribution is 2.25. The van der Waals surface area contributed by atoms with Gasteiger partial charge < -0.3 is 10.1 Å². The summed E-state index contributed by atoms with van der Waals surface area (Å²) < 4.78 is 21.0. The number of benzene rings is 2. The van der Waals surface area contributed by atoms with Crippen LogP contribution in [0.15, 0.2) is 54.6 Å². The molecule has 1 amide bonds. The van der Waals surface area contributed by atoms with E-state index in [0.29, 0.717) is 28.4 Å². The second-order valence-corrected chi connectivity index (χ2v) is 7.01. The standard InChI is InChI=1S/C22H24FN3O2/c1-14(2)15(3)24-22(27)21-13-20(18-7-5-6-8-19(18)23)25-26(21)16-9-11-17(28-4)12-10-16/h5-15H,1-4H3,(H,24,27). The number of aromatic nitrogens is 2. The van der Waals surface area contributed by atoms with Crippen LogP contribution in [0.3, 0.4) is 0 Å². The van der Waals surface area contributed by atoms with Gasteiger partial charge in [0.25, 0.3) is 5.91 Å². The second-order valence-electron chi connectivity index (χ2n) is 7.01. The average Bonchev–Trinajstić information content (AvgIpc) is 3.13. The van der Waals surface area contributed by atoms with Gasteiger partial charge in [0.2, 0.25) is 0 Å². The molecule has 1 aromatic heterocycles. The van der Waals surface area contributed by atoms with Crippen LogP contribution in [-0.2, 0) is 0 Å². The van der Waals surface area contributed by atoms with Gasteiger partial charge >= 0.3 is 0 Å². The number of carbonyl (C=O) groups is 1. The minimum Gasteiger partial charge on any atom is -0.497 e. The Labute approximate surface area is 164 Å². The van der Waals surface area contributed by atoms with Crippen molar-refractivity contribution in [1.29, 1.82) is 0 Å². The Hall–Kier alpha value is -3.15. The molecule has 3 aromatic rings. The molecular weight excluding hydrogens is 357 g/mol. The molecule has 146 valence electrons. The lowest BCUT2D eigenvalue weighted by molar-refractivity contribution is 0.0922. The normalized spacial score (nSPS) is 12.1. The van der Waals surface area contributed by atoms with Crippen molar-refractivity contribution in [2.45, 2.75) is 26.8 Å². The van der Waals surface area contributed by atoms with Crippen LogP contribution in [0.2, 0.25) is 0 Å². The third-order valence-electron chi connectivity index (χ3n) is 4.77. The summed E-state index contributed by atoms with van der Waals surface area (Å²) in [5.41, 5.74) is 1.78. The molecule has 0 aliphatic rings. The number of halogens is 1. The molecule has 0 aliphatic carbocycles. The van der Waals surface area contributed by atoms with Crippen molar-refractivity contribution in [1.82, 2.24) is 15.1 Å². The summed E-state index contributed by atoms with van der Waals surface area (Å²) in [6.07, 6.45) is 0. The van der Waals surface area contributed by atoms with Gasteiger partial charge in [-0.15, -0.1) is 0 Å². The highest BCUT2D eigenvalue weighted by Gasteiger charge is 2.21. The number of nitrogens with zero attached hydrogens (tertiary/aromatic N) is 2. The Morgan fingerprint density at radius 1 is 1.11 bits per heavy atom. The van der Waals surface area contributed by atoms with E-state index < -0.39 is 0 Å². The second kappa shape index (κ2) is 8.25. The zero-order valence-electron chi connectivity index (χ0n) is 16.4. The van der Waals surface area contributed by atoms with E-state index in [-0.39, 0.29) is 23.7 Å². The largest absolute Gasteiger partial charge is 0.497 e. The third-order valence-corrected chi connectivity index (χ3v) is 4.77. The zero-order valence-corrected chi connectivity index (χ0v) is 16.4. The van der Waals surface area contributed by atoms with E-state index in [1.54, 1.807) is 55.6 Å². The van der Waals surface area contributed by atoms with Gasteiger partial charge in [-0.05, 0) is 55.3 Å². The number of rotatable bonds is 6. The van der Waals surface area contributed by atoms with Crippen LogP contribution in [-0.4, -0.2) is 28.8 Å². The van der Waals surface area contributed by atoms with Crippen LogP contribution in [0, 0.1) is 11.7 Å². The molecule has 3 rings (SSSR count).